The van der Waals surface area contributed by atoms with E-state index >= 15 is 0 Å². The number of hydrogen-bond acceptors (Lipinski definition) is 5. The highest BCUT2D eigenvalue weighted by molar-refractivity contribution is 5.71. The van der Waals surface area contributed by atoms with Crippen molar-refractivity contribution >= 4 is 17.3 Å². The number of methoxy groups -OCH3 is 1. The van der Waals surface area contributed by atoms with Crippen LogP contribution in [0.5, 0.6) is 5.75 Å². The highest BCUT2D eigenvalue weighted by Gasteiger charge is 2.19. The van der Waals surface area contributed by atoms with E-state index < -0.39 is 0 Å². The lowest BCUT2D eigenvalue weighted by molar-refractivity contribution is -0.140. The average molecular weight is 250 g/mol. The van der Waals surface area contributed by atoms with Crippen LogP contribution in [0.3, 0.4) is 0 Å². The van der Waals surface area contributed by atoms with E-state index in [1.165, 1.54) is 7.11 Å². The zero-order valence-corrected chi connectivity index (χ0v) is 10.5. The topological polar surface area (TPSA) is 64.8 Å². The van der Waals surface area contributed by atoms with Gasteiger partial charge in [-0.2, -0.15) is 0 Å². The summed E-state index contributed by atoms with van der Waals surface area (Å²) in [5.74, 6) is 0.581. The van der Waals surface area contributed by atoms with Crippen LogP contribution in [0.2, 0.25) is 0 Å². The first-order valence-corrected chi connectivity index (χ1v) is 6.05. The first kappa shape index (κ1) is 12.5. The molecule has 0 aromatic heterocycles. The molecular formula is C13H18N2O3. The minimum atomic E-state index is -0.170. The molecule has 1 aliphatic rings. The minimum Gasteiger partial charge on any atom is -0.487 e. The Morgan fingerprint density at radius 1 is 1.56 bits per heavy atom. The molecule has 1 aromatic rings. The molecule has 0 spiro atoms. The molecule has 5 heteroatoms. The smallest absolute Gasteiger partial charge is 0.305 e. The van der Waals surface area contributed by atoms with Crippen LogP contribution in [-0.4, -0.2) is 32.8 Å². The van der Waals surface area contributed by atoms with Crippen molar-refractivity contribution in [1.29, 1.82) is 0 Å². The lowest BCUT2D eigenvalue weighted by atomic mass is 10.2. The van der Waals surface area contributed by atoms with Gasteiger partial charge in [-0.1, -0.05) is 6.07 Å². The number of benzene rings is 1. The molecule has 1 aliphatic heterocycles. The Kier molecular flexibility index (Phi) is 3.92. The van der Waals surface area contributed by atoms with Gasteiger partial charge in [-0.05, 0) is 18.6 Å². The van der Waals surface area contributed by atoms with Crippen molar-refractivity contribution in [2.24, 2.45) is 0 Å². The Hall–Kier alpha value is -1.91. The van der Waals surface area contributed by atoms with E-state index in [0.29, 0.717) is 18.7 Å². The summed E-state index contributed by atoms with van der Waals surface area (Å²) in [5.41, 5.74) is 7.54. The number of carbonyl (C=O) groups excluding carboxylic acids is 1. The second-order valence-electron chi connectivity index (χ2n) is 4.21. The third-order valence-electron chi connectivity index (χ3n) is 3.01. The number of nitrogen functional groups attached to an aromatic ring is 1. The fourth-order valence-electron chi connectivity index (χ4n) is 2.08. The number of carbonyl (C=O) groups is 1. The lowest BCUT2D eigenvalue weighted by Crippen LogP contribution is -2.34. The van der Waals surface area contributed by atoms with Gasteiger partial charge in [0.05, 0.1) is 25.0 Å². The van der Waals surface area contributed by atoms with Crippen LogP contribution in [0.1, 0.15) is 12.8 Å². The van der Waals surface area contributed by atoms with Crippen LogP contribution in [-0.2, 0) is 9.53 Å². The Morgan fingerprint density at radius 2 is 2.39 bits per heavy atom. The maximum absolute atomic E-state index is 11.1. The molecule has 0 saturated heterocycles. The van der Waals surface area contributed by atoms with Gasteiger partial charge in [0.15, 0.2) is 5.75 Å². The molecule has 0 unspecified atom stereocenters. The summed E-state index contributed by atoms with van der Waals surface area (Å²) in [6.45, 7) is 2.24. The molecule has 2 N–H and O–H groups in total. The molecule has 1 aromatic carbocycles. The Labute approximate surface area is 106 Å². The summed E-state index contributed by atoms with van der Waals surface area (Å²) < 4.78 is 10.2. The second kappa shape index (κ2) is 5.62. The maximum atomic E-state index is 11.1. The van der Waals surface area contributed by atoms with Gasteiger partial charge >= 0.3 is 5.97 Å². The number of hydrogen-bond donors (Lipinski definition) is 1. The Bertz CT molecular complexity index is 434. The third-order valence-corrected chi connectivity index (χ3v) is 3.01. The van der Waals surface area contributed by atoms with E-state index in [-0.39, 0.29) is 5.97 Å². The van der Waals surface area contributed by atoms with E-state index in [9.17, 15) is 4.79 Å². The predicted molar refractivity (Wildman–Crippen MR) is 69.8 cm³/mol. The summed E-state index contributed by atoms with van der Waals surface area (Å²) in [4.78, 5) is 13.3. The number of ether oxygens (including phenoxy) is 2. The van der Waals surface area contributed by atoms with Crippen molar-refractivity contribution in [3.8, 4) is 5.75 Å². The van der Waals surface area contributed by atoms with Crippen LogP contribution >= 0.6 is 0 Å². The standard InChI is InChI=1S/C13H18N2O3/c1-17-12(16)6-3-7-15-8-9-18-13-10(14)4-2-5-11(13)15/h2,4-5H,3,6-9,14H2,1H3. The van der Waals surface area contributed by atoms with Crippen molar-refractivity contribution in [1.82, 2.24) is 0 Å². The van der Waals surface area contributed by atoms with Gasteiger partial charge in [-0.25, -0.2) is 0 Å². The van der Waals surface area contributed by atoms with Crippen LogP contribution in [0.15, 0.2) is 18.2 Å². The normalized spacial score (nSPS) is 13.7. The van der Waals surface area contributed by atoms with E-state index in [2.05, 4.69) is 9.64 Å². The molecule has 0 aliphatic carbocycles. The second-order valence-corrected chi connectivity index (χ2v) is 4.21. The molecule has 0 amide bonds. The van der Waals surface area contributed by atoms with Gasteiger partial charge < -0.3 is 20.1 Å². The third kappa shape index (κ3) is 2.67. The minimum absolute atomic E-state index is 0.170. The van der Waals surface area contributed by atoms with Crippen LogP contribution in [0.4, 0.5) is 11.4 Å². The Morgan fingerprint density at radius 3 is 3.17 bits per heavy atom. The van der Waals surface area contributed by atoms with Crippen molar-refractivity contribution < 1.29 is 14.3 Å². The highest BCUT2D eigenvalue weighted by Crippen LogP contribution is 2.36. The maximum Gasteiger partial charge on any atom is 0.305 e. The molecule has 0 atom stereocenters. The quantitative estimate of drug-likeness (QED) is 0.646. The monoisotopic (exact) mass is 250 g/mol. The number of nitrogens with zero attached hydrogens (tertiary/aromatic N) is 1. The Balaban J connectivity index is 2.00. The molecule has 0 fully saturated rings. The van der Waals surface area contributed by atoms with Crippen LogP contribution in [0.25, 0.3) is 0 Å². The zero-order chi connectivity index (χ0) is 13.0. The van der Waals surface area contributed by atoms with E-state index in [0.717, 1.165) is 30.9 Å². The predicted octanol–water partition coefficient (Wildman–Crippen LogP) is 1.42. The number of esters is 1. The zero-order valence-electron chi connectivity index (χ0n) is 10.5. The van der Waals surface area contributed by atoms with Crippen molar-refractivity contribution in [2.75, 3.05) is 37.4 Å². The van der Waals surface area contributed by atoms with Gasteiger partial charge in [0, 0.05) is 13.0 Å². The van der Waals surface area contributed by atoms with E-state index in [1.54, 1.807) is 0 Å². The molecule has 18 heavy (non-hydrogen) atoms. The number of fused-ring (bicyclic) bond motifs is 1. The van der Waals surface area contributed by atoms with Crippen LogP contribution < -0.4 is 15.4 Å². The van der Waals surface area contributed by atoms with Gasteiger partial charge in [-0.3, -0.25) is 4.79 Å². The first-order valence-electron chi connectivity index (χ1n) is 6.05. The molecular weight excluding hydrogens is 232 g/mol. The number of rotatable bonds is 4. The average Bonchev–Trinajstić information content (AvgIpc) is 2.39. The molecule has 98 valence electrons. The molecule has 0 saturated carbocycles. The summed E-state index contributed by atoms with van der Waals surface area (Å²) in [6.07, 6.45) is 1.20. The number of para-hydroxylation sites is 1. The molecule has 0 bridgehead atoms. The van der Waals surface area contributed by atoms with E-state index in [1.807, 2.05) is 18.2 Å². The largest absolute Gasteiger partial charge is 0.487 e. The molecule has 5 nitrogen and oxygen atoms in total. The van der Waals surface area contributed by atoms with Gasteiger partial charge in [0.2, 0.25) is 0 Å². The van der Waals surface area contributed by atoms with Crippen molar-refractivity contribution in [3.05, 3.63) is 18.2 Å². The first-order chi connectivity index (χ1) is 8.72. The molecule has 2 rings (SSSR count). The summed E-state index contributed by atoms with van der Waals surface area (Å²) in [7, 11) is 1.41. The number of nitrogens with two attached hydrogens (primary N) is 1. The molecule has 1 heterocycles. The van der Waals surface area contributed by atoms with Crippen molar-refractivity contribution in [2.45, 2.75) is 12.8 Å². The fourth-order valence-corrected chi connectivity index (χ4v) is 2.08. The van der Waals surface area contributed by atoms with Crippen LogP contribution in [0, 0.1) is 0 Å². The van der Waals surface area contributed by atoms with Crippen molar-refractivity contribution in [3.63, 3.8) is 0 Å². The summed E-state index contributed by atoms with van der Waals surface area (Å²) in [5, 5.41) is 0. The number of anilines is 2. The SMILES string of the molecule is COC(=O)CCCN1CCOc2c(N)cccc21. The van der Waals surface area contributed by atoms with Gasteiger partial charge in [0.25, 0.3) is 0 Å². The van der Waals surface area contributed by atoms with Gasteiger partial charge in [-0.15, -0.1) is 0 Å². The highest BCUT2D eigenvalue weighted by atomic mass is 16.5. The molecule has 0 radical (unpaired) electrons. The lowest BCUT2D eigenvalue weighted by Gasteiger charge is -2.31. The summed E-state index contributed by atoms with van der Waals surface area (Å²) in [6, 6.07) is 5.73. The summed E-state index contributed by atoms with van der Waals surface area (Å²) >= 11 is 0. The fraction of sp³-hybridized carbons (Fsp3) is 0.462. The van der Waals surface area contributed by atoms with E-state index in [4.69, 9.17) is 10.5 Å². The van der Waals surface area contributed by atoms with Gasteiger partial charge in [0.1, 0.15) is 6.61 Å².